The Hall–Kier alpha value is -0.860. The molecule has 3 heteroatoms. The van der Waals surface area contributed by atoms with Gasteiger partial charge in [0.15, 0.2) is 0 Å². The normalized spacial score (nSPS) is 25.5. The fourth-order valence-corrected chi connectivity index (χ4v) is 1.17. The van der Waals surface area contributed by atoms with Crippen molar-refractivity contribution in [2.24, 2.45) is 5.92 Å². The monoisotopic (exact) mass is 141 g/mol. The van der Waals surface area contributed by atoms with Crippen molar-refractivity contribution in [2.45, 2.75) is 13.3 Å². The Kier molecular flexibility index (Phi) is 2.04. The van der Waals surface area contributed by atoms with E-state index in [0.29, 0.717) is 0 Å². The lowest BCUT2D eigenvalue weighted by atomic mass is 10.1. The maximum absolute atomic E-state index is 11.1. The molecule has 1 unspecified atom stereocenters. The van der Waals surface area contributed by atoms with E-state index in [4.69, 9.17) is 0 Å². The number of carbonyl (C=O) groups excluding carboxylic acids is 2. The van der Waals surface area contributed by atoms with Crippen molar-refractivity contribution in [1.29, 1.82) is 0 Å². The second-order valence-electron chi connectivity index (χ2n) is 2.64. The molecule has 10 heavy (non-hydrogen) atoms. The van der Waals surface area contributed by atoms with Gasteiger partial charge in [-0.2, -0.15) is 0 Å². The molecule has 1 rings (SSSR count). The highest BCUT2D eigenvalue weighted by molar-refractivity contribution is 5.82. The van der Waals surface area contributed by atoms with Crippen molar-refractivity contribution in [3.8, 4) is 0 Å². The number of hydrogen-bond acceptors (Lipinski definition) is 2. The standard InChI is InChI=1S/C7H11NO2/c1-6-2-3-8(4-5-9)7(6)10/h5-6H,2-4H2,1H3. The smallest absolute Gasteiger partial charge is 0.225 e. The van der Waals surface area contributed by atoms with E-state index in [2.05, 4.69) is 0 Å². The molecular weight excluding hydrogens is 130 g/mol. The molecule has 1 aliphatic heterocycles. The zero-order chi connectivity index (χ0) is 7.56. The Balaban J connectivity index is 2.48. The second-order valence-corrected chi connectivity index (χ2v) is 2.64. The van der Waals surface area contributed by atoms with Crippen LogP contribution in [0, 0.1) is 5.92 Å². The second kappa shape index (κ2) is 2.82. The van der Waals surface area contributed by atoms with Crippen molar-refractivity contribution in [1.82, 2.24) is 4.90 Å². The van der Waals surface area contributed by atoms with Gasteiger partial charge in [0.1, 0.15) is 6.29 Å². The average Bonchev–Trinajstić information content (AvgIpc) is 2.20. The summed E-state index contributed by atoms with van der Waals surface area (Å²) < 4.78 is 0. The summed E-state index contributed by atoms with van der Waals surface area (Å²) in [5.74, 6) is 0.243. The highest BCUT2D eigenvalue weighted by atomic mass is 16.2. The van der Waals surface area contributed by atoms with Crippen molar-refractivity contribution in [3.63, 3.8) is 0 Å². The zero-order valence-electron chi connectivity index (χ0n) is 6.04. The maximum Gasteiger partial charge on any atom is 0.225 e. The molecule has 1 saturated heterocycles. The van der Waals surface area contributed by atoms with Crippen LogP contribution >= 0.6 is 0 Å². The van der Waals surface area contributed by atoms with Crippen LogP contribution < -0.4 is 0 Å². The Morgan fingerprint density at radius 2 is 2.50 bits per heavy atom. The van der Waals surface area contributed by atoms with E-state index < -0.39 is 0 Å². The summed E-state index contributed by atoms with van der Waals surface area (Å²) in [4.78, 5) is 22.7. The Morgan fingerprint density at radius 1 is 1.80 bits per heavy atom. The highest BCUT2D eigenvalue weighted by Gasteiger charge is 2.26. The van der Waals surface area contributed by atoms with Crippen molar-refractivity contribution in [3.05, 3.63) is 0 Å². The van der Waals surface area contributed by atoms with Gasteiger partial charge >= 0.3 is 0 Å². The summed E-state index contributed by atoms with van der Waals surface area (Å²) in [5, 5.41) is 0. The Morgan fingerprint density at radius 3 is 2.90 bits per heavy atom. The quantitative estimate of drug-likeness (QED) is 0.510. The van der Waals surface area contributed by atoms with Crippen LogP contribution in [0.4, 0.5) is 0 Å². The molecule has 1 heterocycles. The van der Waals surface area contributed by atoms with Gasteiger partial charge in [0, 0.05) is 12.5 Å². The van der Waals surface area contributed by atoms with Crippen LogP contribution in [0.1, 0.15) is 13.3 Å². The minimum atomic E-state index is 0.118. The van der Waals surface area contributed by atoms with Crippen LogP contribution in [-0.2, 0) is 9.59 Å². The topological polar surface area (TPSA) is 37.4 Å². The summed E-state index contributed by atoms with van der Waals surface area (Å²) in [6.07, 6.45) is 1.67. The molecule has 1 fully saturated rings. The first-order valence-corrected chi connectivity index (χ1v) is 3.48. The molecule has 0 bridgehead atoms. The van der Waals surface area contributed by atoms with E-state index in [-0.39, 0.29) is 18.4 Å². The summed E-state index contributed by atoms with van der Waals surface area (Å²) in [7, 11) is 0. The van der Waals surface area contributed by atoms with E-state index in [1.165, 1.54) is 0 Å². The summed E-state index contributed by atoms with van der Waals surface area (Å²) in [5.41, 5.74) is 0. The number of amides is 1. The fraction of sp³-hybridized carbons (Fsp3) is 0.714. The highest BCUT2D eigenvalue weighted by Crippen LogP contribution is 2.15. The van der Waals surface area contributed by atoms with Gasteiger partial charge in [-0.25, -0.2) is 0 Å². The summed E-state index contributed by atoms with van der Waals surface area (Å²) >= 11 is 0. The van der Waals surface area contributed by atoms with Gasteiger partial charge in [-0.1, -0.05) is 6.92 Å². The third-order valence-corrected chi connectivity index (χ3v) is 1.86. The van der Waals surface area contributed by atoms with Crippen LogP contribution in [0.3, 0.4) is 0 Å². The molecule has 0 N–H and O–H groups in total. The van der Waals surface area contributed by atoms with Crippen molar-refractivity contribution < 1.29 is 9.59 Å². The van der Waals surface area contributed by atoms with Gasteiger partial charge in [0.25, 0.3) is 0 Å². The average molecular weight is 141 g/mol. The molecule has 0 aromatic heterocycles. The van der Waals surface area contributed by atoms with Crippen molar-refractivity contribution >= 4 is 12.2 Å². The minimum Gasteiger partial charge on any atom is -0.335 e. The van der Waals surface area contributed by atoms with Crippen LogP contribution in [0.15, 0.2) is 0 Å². The molecular formula is C7H11NO2. The summed E-state index contributed by atoms with van der Waals surface area (Å²) in [6.45, 7) is 2.91. The lowest BCUT2D eigenvalue weighted by Crippen LogP contribution is -2.28. The van der Waals surface area contributed by atoms with Crippen LogP contribution in [0.25, 0.3) is 0 Å². The number of nitrogens with zero attached hydrogens (tertiary/aromatic N) is 1. The molecule has 0 spiro atoms. The fourth-order valence-electron chi connectivity index (χ4n) is 1.17. The van der Waals surface area contributed by atoms with Crippen LogP contribution in [0.5, 0.6) is 0 Å². The van der Waals surface area contributed by atoms with E-state index in [1.807, 2.05) is 6.92 Å². The Bertz CT molecular complexity index is 156. The number of rotatable bonds is 2. The predicted octanol–water partition coefficient (Wildman–Crippen LogP) is 0.0537. The third kappa shape index (κ3) is 1.17. The first kappa shape index (κ1) is 7.25. The number of hydrogen-bond donors (Lipinski definition) is 0. The van der Waals surface area contributed by atoms with Crippen LogP contribution in [0.2, 0.25) is 0 Å². The Labute approximate surface area is 60.0 Å². The molecule has 0 radical (unpaired) electrons. The van der Waals surface area contributed by atoms with Crippen LogP contribution in [-0.4, -0.2) is 30.2 Å². The molecule has 0 aliphatic carbocycles. The van der Waals surface area contributed by atoms with Gasteiger partial charge in [0.2, 0.25) is 5.91 Å². The number of aldehydes is 1. The molecule has 0 saturated carbocycles. The molecule has 0 aromatic rings. The molecule has 3 nitrogen and oxygen atoms in total. The van der Waals surface area contributed by atoms with Crippen molar-refractivity contribution in [2.75, 3.05) is 13.1 Å². The predicted molar refractivity (Wildman–Crippen MR) is 36.4 cm³/mol. The molecule has 1 atom stereocenters. The summed E-state index contributed by atoms with van der Waals surface area (Å²) in [6, 6.07) is 0. The van der Waals surface area contributed by atoms with Gasteiger partial charge in [0.05, 0.1) is 6.54 Å². The van der Waals surface area contributed by atoms with Gasteiger partial charge < -0.3 is 9.69 Å². The largest absolute Gasteiger partial charge is 0.335 e. The number of carbonyl (C=O) groups is 2. The van der Waals surface area contributed by atoms with Gasteiger partial charge in [-0.05, 0) is 6.42 Å². The first-order valence-electron chi connectivity index (χ1n) is 3.48. The lowest BCUT2D eigenvalue weighted by molar-refractivity contribution is -0.132. The van der Waals surface area contributed by atoms with Gasteiger partial charge in [-0.15, -0.1) is 0 Å². The SMILES string of the molecule is CC1CCN(CC=O)C1=O. The molecule has 1 aliphatic rings. The minimum absolute atomic E-state index is 0.118. The van der Waals surface area contributed by atoms with E-state index >= 15 is 0 Å². The molecule has 1 amide bonds. The third-order valence-electron chi connectivity index (χ3n) is 1.86. The molecule has 0 aromatic carbocycles. The number of likely N-dealkylation sites (tertiary alicyclic amines) is 1. The van der Waals surface area contributed by atoms with Gasteiger partial charge in [-0.3, -0.25) is 4.79 Å². The lowest BCUT2D eigenvalue weighted by Gasteiger charge is -2.10. The van der Waals surface area contributed by atoms with E-state index in [1.54, 1.807) is 4.90 Å². The first-order chi connectivity index (χ1) is 4.75. The molecule has 56 valence electrons. The maximum atomic E-state index is 11.1. The van der Waals surface area contributed by atoms with E-state index in [0.717, 1.165) is 19.3 Å². The van der Waals surface area contributed by atoms with E-state index in [9.17, 15) is 9.59 Å². The zero-order valence-corrected chi connectivity index (χ0v) is 6.04.